The van der Waals surface area contributed by atoms with Gasteiger partial charge in [-0.1, -0.05) is 17.7 Å². The maximum Gasteiger partial charge on any atom is 0.256 e. The van der Waals surface area contributed by atoms with E-state index in [1.165, 1.54) is 4.80 Å². The lowest BCUT2D eigenvalue weighted by Gasteiger charge is -2.22. The number of nitrogens with zero attached hydrogens (tertiary/aromatic N) is 7. The molecule has 0 aliphatic heterocycles. The normalized spacial score (nSPS) is 10.9. The van der Waals surface area contributed by atoms with Gasteiger partial charge >= 0.3 is 0 Å². The predicted molar refractivity (Wildman–Crippen MR) is 113 cm³/mol. The topological polar surface area (TPSA) is 81.7 Å². The van der Waals surface area contributed by atoms with E-state index in [0.29, 0.717) is 30.9 Å². The van der Waals surface area contributed by atoms with Gasteiger partial charge in [0.1, 0.15) is 0 Å². The minimum Gasteiger partial charge on any atom is -0.337 e. The number of aryl methyl sites for hydroxylation is 1. The predicted octanol–water partition coefficient (Wildman–Crippen LogP) is 3.00. The molecule has 3 heterocycles. The Morgan fingerprint density at radius 1 is 1.07 bits per heavy atom. The average molecular weight is 401 g/mol. The zero-order valence-corrected chi connectivity index (χ0v) is 17.0. The lowest BCUT2D eigenvalue weighted by molar-refractivity contribution is 0.0757. The Balaban J connectivity index is 1.51. The highest BCUT2D eigenvalue weighted by atomic mass is 16.2. The van der Waals surface area contributed by atoms with Crippen molar-refractivity contribution in [2.45, 2.75) is 20.4 Å². The van der Waals surface area contributed by atoms with Crippen LogP contribution in [0.2, 0.25) is 0 Å². The molecular formula is C22H23N7O. The van der Waals surface area contributed by atoms with Gasteiger partial charge in [0.15, 0.2) is 0 Å². The number of carbonyl (C=O) groups is 1. The monoisotopic (exact) mass is 401 g/mol. The zero-order valence-electron chi connectivity index (χ0n) is 17.0. The zero-order chi connectivity index (χ0) is 20.9. The number of likely N-dealkylation sites (N-methyl/N-ethyl adjacent to an activating group) is 1. The molecule has 4 rings (SSSR count). The van der Waals surface area contributed by atoms with Crippen LogP contribution in [0.5, 0.6) is 0 Å². The molecule has 8 heteroatoms. The molecule has 1 amide bonds. The number of hydrogen-bond acceptors (Lipinski definition) is 5. The molecule has 0 unspecified atom stereocenters. The van der Waals surface area contributed by atoms with E-state index in [9.17, 15) is 4.79 Å². The Hall–Kier alpha value is -3.81. The van der Waals surface area contributed by atoms with E-state index < -0.39 is 0 Å². The first kappa shape index (κ1) is 19.5. The van der Waals surface area contributed by atoms with E-state index in [0.717, 1.165) is 16.8 Å². The van der Waals surface area contributed by atoms with Crippen LogP contribution in [-0.2, 0) is 6.54 Å². The van der Waals surface area contributed by atoms with Crippen molar-refractivity contribution in [3.8, 4) is 16.9 Å². The summed E-state index contributed by atoms with van der Waals surface area (Å²) in [7, 11) is 0. The molecule has 0 bridgehead atoms. The molecule has 4 aromatic rings. The Morgan fingerprint density at radius 3 is 2.63 bits per heavy atom. The number of benzene rings is 1. The van der Waals surface area contributed by atoms with Crippen LogP contribution in [0.3, 0.4) is 0 Å². The van der Waals surface area contributed by atoms with Crippen molar-refractivity contribution in [3.63, 3.8) is 0 Å². The molecule has 3 aromatic heterocycles. The van der Waals surface area contributed by atoms with Crippen LogP contribution in [0, 0.1) is 6.92 Å². The molecule has 1 aromatic carbocycles. The van der Waals surface area contributed by atoms with Gasteiger partial charge in [0.05, 0.1) is 42.1 Å². The average Bonchev–Trinajstić information content (AvgIpc) is 3.47. The molecule has 8 nitrogen and oxygen atoms in total. The molecular weight excluding hydrogens is 378 g/mol. The standard InChI is InChI=1S/C22H23N7O/c1-3-27(12-13-28-16-18(15-26-28)20-6-4-5-9-23-20)22(30)19-14-17(2)7-8-21(19)29-24-10-11-25-29/h4-11,14-16H,3,12-13H2,1-2H3. The van der Waals surface area contributed by atoms with Crippen LogP contribution in [-0.4, -0.2) is 53.7 Å². The van der Waals surface area contributed by atoms with E-state index in [1.807, 2.05) is 66.0 Å². The minimum absolute atomic E-state index is 0.0504. The number of hydrogen-bond donors (Lipinski definition) is 0. The Labute approximate surface area is 174 Å². The van der Waals surface area contributed by atoms with Gasteiger partial charge < -0.3 is 4.90 Å². The first-order chi connectivity index (χ1) is 14.7. The van der Waals surface area contributed by atoms with Crippen LogP contribution in [0.4, 0.5) is 0 Å². The molecule has 0 radical (unpaired) electrons. The second-order valence-electron chi connectivity index (χ2n) is 6.93. The van der Waals surface area contributed by atoms with Gasteiger partial charge in [0.2, 0.25) is 0 Å². The van der Waals surface area contributed by atoms with Gasteiger partial charge in [0, 0.05) is 31.0 Å². The summed E-state index contributed by atoms with van der Waals surface area (Å²) in [6.07, 6.45) is 8.71. The van der Waals surface area contributed by atoms with E-state index in [4.69, 9.17) is 0 Å². The summed E-state index contributed by atoms with van der Waals surface area (Å²) in [6.45, 7) is 5.66. The van der Waals surface area contributed by atoms with Crippen LogP contribution < -0.4 is 0 Å². The van der Waals surface area contributed by atoms with Crippen molar-refractivity contribution < 1.29 is 4.79 Å². The van der Waals surface area contributed by atoms with Crippen molar-refractivity contribution in [2.24, 2.45) is 0 Å². The van der Waals surface area contributed by atoms with Crippen molar-refractivity contribution in [1.82, 2.24) is 34.7 Å². The fourth-order valence-corrected chi connectivity index (χ4v) is 3.28. The third-order valence-corrected chi connectivity index (χ3v) is 4.88. The van der Waals surface area contributed by atoms with Crippen LogP contribution in [0.15, 0.2) is 67.4 Å². The maximum atomic E-state index is 13.3. The van der Waals surface area contributed by atoms with E-state index in [-0.39, 0.29) is 5.91 Å². The molecule has 0 spiro atoms. The third-order valence-electron chi connectivity index (χ3n) is 4.88. The quantitative estimate of drug-likeness (QED) is 0.475. The summed E-state index contributed by atoms with van der Waals surface area (Å²) in [4.78, 5) is 21.0. The highest BCUT2D eigenvalue weighted by Crippen LogP contribution is 2.18. The first-order valence-corrected chi connectivity index (χ1v) is 9.86. The van der Waals surface area contributed by atoms with Gasteiger partial charge in [-0.15, -0.1) is 0 Å². The second kappa shape index (κ2) is 8.69. The molecule has 0 N–H and O–H groups in total. The maximum absolute atomic E-state index is 13.3. The molecule has 0 aliphatic rings. The smallest absolute Gasteiger partial charge is 0.256 e. The summed E-state index contributed by atoms with van der Waals surface area (Å²) in [5.41, 5.74) is 4.10. The lowest BCUT2D eigenvalue weighted by Crippen LogP contribution is -2.34. The summed E-state index contributed by atoms with van der Waals surface area (Å²) >= 11 is 0. The van der Waals surface area contributed by atoms with Crippen molar-refractivity contribution in [1.29, 1.82) is 0 Å². The Bertz CT molecular complexity index is 1120. The van der Waals surface area contributed by atoms with Crippen LogP contribution >= 0.6 is 0 Å². The van der Waals surface area contributed by atoms with Gasteiger partial charge in [-0.2, -0.15) is 20.1 Å². The van der Waals surface area contributed by atoms with E-state index in [1.54, 1.807) is 24.8 Å². The summed E-state index contributed by atoms with van der Waals surface area (Å²) in [5.74, 6) is -0.0504. The van der Waals surface area contributed by atoms with Gasteiger partial charge in [-0.3, -0.25) is 14.5 Å². The summed E-state index contributed by atoms with van der Waals surface area (Å²) < 4.78 is 1.84. The van der Waals surface area contributed by atoms with Crippen LogP contribution in [0.25, 0.3) is 16.9 Å². The lowest BCUT2D eigenvalue weighted by atomic mass is 10.1. The van der Waals surface area contributed by atoms with Crippen molar-refractivity contribution >= 4 is 5.91 Å². The Morgan fingerprint density at radius 2 is 1.90 bits per heavy atom. The highest BCUT2D eigenvalue weighted by Gasteiger charge is 2.20. The Kier molecular flexibility index (Phi) is 5.65. The molecule has 30 heavy (non-hydrogen) atoms. The second-order valence-corrected chi connectivity index (χ2v) is 6.93. The highest BCUT2D eigenvalue weighted by molar-refractivity contribution is 5.98. The molecule has 0 atom stereocenters. The van der Waals surface area contributed by atoms with E-state index in [2.05, 4.69) is 20.3 Å². The SMILES string of the molecule is CCN(CCn1cc(-c2ccccn2)cn1)C(=O)c1cc(C)ccc1-n1nccn1. The minimum atomic E-state index is -0.0504. The number of rotatable bonds is 7. The molecule has 0 saturated carbocycles. The number of aromatic nitrogens is 6. The summed E-state index contributed by atoms with van der Waals surface area (Å²) in [5, 5.41) is 12.8. The molecule has 0 saturated heterocycles. The molecule has 152 valence electrons. The largest absolute Gasteiger partial charge is 0.337 e. The van der Waals surface area contributed by atoms with Gasteiger partial charge in [-0.05, 0) is 38.1 Å². The number of carbonyl (C=O) groups excluding carboxylic acids is 1. The molecule has 0 aliphatic carbocycles. The van der Waals surface area contributed by atoms with Gasteiger partial charge in [-0.25, -0.2) is 0 Å². The first-order valence-electron chi connectivity index (χ1n) is 9.86. The van der Waals surface area contributed by atoms with Crippen molar-refractivity contribution in [2.75, 3.05) is 13.1 Å². The third kappa shape index (κ3) is 4.12. The van der Waals surface area contributed by atoms with Crippen molar-refractivity contribution in [3.05, 3.63) is 78.5 Å². The summed E-state index contributed by atoms with van der Waals surface area (Å²) in [6, 6.07) is 11.5. The van der Waals surface area contributed by atoms with E-state index >= 15 is 0 Å². The van der Waals surface area contributed by atoms with Gasteiger partial charge in [0.25, 0.3) is 5.91 Å². The fourth-order valence-electron chi connectivity index (χ4n) is 3.28. The number of pyridine rings is 1. The van der Waals surface area contributed by atoms with Crippen LogP contribution in [0.1, 0.15) is 22.8 Å². The number of amides is 1. The fraction of sp³-hybridized carbons (Fsp3) is 0.227. The molecule has 0 fully saturated rings.